The number of hydrogen-bond donors (Lipinski definition) is 1. The van der Waals surface area contributed by atoms with Gasteiger partial charge in [0.15, 0.2) is 0 Å². The lowest BCUT2D eigenvalue weighted by molar-refractivity contribution is 0.142. The van der Waals surface area contributed by atoms with Gasteiger partial charge in [0.25, 0.3) is 5.56 Å². The maximum Gasteiger partial charge on any atom is 0.259 e. The van der Waals surface area contributed by atoms with E-state index < -0.39 is 0 Å². The first-order valence-corrected chi connectivity index (χ1v) is 10.2. The van der Waals surface area contributed by atoms with E-state index in [9.17, 15) is 4.79 Å². The fourth-order valence-electron chi connectivity index (χ4n) is 4.57. The van der Waals surface area contributed by atoms with Crippen molar-refractivity contribution in [3.8, 4) is 0 Å². The van der Waals surface area contributed by atoms with Gasteiger partial charge in [0, 0.05) is 30.9 Å². The highest BCUT2D eigenvalue weighted by molar-refractivity contribution is 7.18. The van der Waals surface area contributed by atoms with E-state index in [2.05, 4.69) is 23.7 Å². The van der Waals surface area contributed by atoms with Crippen molar-refractivity contribution in [2.24, 2.45) is 11.8 Å². The van der Waals surface area contributed by atoms with Crippen LogP contribution in [0.1, 0.15) is 49.4 Å². The Morgan fingerprint density at radius 3 is 2.75 bits per heavy atom. The van der Waals surface area contributed by atoms with Gasteiger partial charge in [-0.25, -0.2) is 4.98 Å². The summed E-state index contributed by atoms with van der Waals surface area (Å²) >= 11 is 1.75. The molecule has 0 amide bonds. The second kappa shape index (κ2) is 6.60. The minimum atomic E-state index is 0.0785. The minimum absolute atomic E-state index is 0.0785. The highest BCUT2D eigenvalue weighted by Gasteiger charge is 2.22. The van der Waals surface area contributed by atoms with Crippen molar-refractivity contribution in [2.45, 2.75) is 52.4 Å². The van der Waals surface area contributed by atoms with Gasteiger partial charge < -0.3 is 9.88 Å². The number of fused-ring (bicyclic) bond motifs is 3. The zero-order chi connectivity index (χ0) is 16.7. The molecule has 0 saturated carbocycles. The van der Waals surface area contributed by atoms with E-state index >= 15 is 0 Å². The first-order chi connectivity index (χ1) is 11.6. The molecule has 2 atom stereocenters. The number of aryl methyl sites for hydroxylation is 2. The summed E-state index contributed by atoms with van der Waals surface area (Å²) < 4.78 is 0. The van der Waals surface area contributed by atoms with Crippen molar-refractivity contribution < 1.29 is 0 Å². The summed E-state index contributed by atoms with van der Waals surface area (Å²) in [5, 5.41) is 0.874. The van der Waals surface area contributed by atoms with E-state index in [4.69, 9.17) is 4.98 Å². The molecule has 3 heterocycles. The summed E-state index contributed by atoms with van der Waals surface area (Å²) in [5.41, 5.74) is 1.36. The largest absolute Gasteiger partial charge is 0.310 e. The van der Waals surface area contributed by atoms with Crippen LogP contribution < -0.4 is 5.56 Å². The Balaban J connectivity index is 1.54. The quantitative estimate of drug-likeness (QED) is 0.928. The zero-order valence-corrected chi connectivity index (χ0v) is 15.5. The minimum Gasteiger partial charge on any atom is -0.310 e. The Labute approximate surface area is 147 Å². The van der Waals surface area contributed by atoms with Crippen molar-refractivity contribution in [3.63, 3.8) is 0 Å². The second-order valence-electron chi connectivity index (χ2n) is 7.86. The monoisotopic (exact) mass is 345 g/mol. The summed E-state index contributed by atoms with van der Waals surface area (Å²) in [7, 11) is 0. The van der Waals surface area contributed by atoms with Crippen molar-refractivity contribution in [3.05, 3.63) is 26.6 Å². The van der Waals surface area contributed by atoms with Crippen molar-refractivity contribution in [1.82, 2.24) is 14.9 Å². The first-order valence-electron chi connectivity index (χ1n) is 9.36. The Morgan fingerprint density at radius 1 is 1.21 bits per heavy atom. The molecule has 0 aromatic carbocycles. The van der Waals surface area contributed by atoms with Crippen molar-refractivity contribution in [2.75, 3.05) is 19.6 Å². The molecule has 24 heavy (non-hydrogen) atoms. The lowest BCUT2D eigenvalue weighted by Gasteiger charge is -2.34. The summed E-state index contributed by atoms with van der Waals surface area (Å²) in [6, 6.07) is 0. The van der Waals surface area contributed by atoms with Crippen molar-refractivity contribution in [1.29, 1.82) is 0 Å². The number of rotatable bonds is 3. The lowest BCUT2D eigenvalue weighted by atomic mass is 9.92. The molecular weight excluding hydrogens is 318 g/mol. The summed E-state index contributed by atoms with van der Waals surface area (Å²) in [4.78, 5) is 25.3. The topological polar surface area (TPSA) is 49.0 Å². The van der Waals surface area contributed by atoms with E-state index in [1.165, 1.54) is 42.8 Å². The molecule has 1 fully saturated rings. The van der Waals surface area contributed by atoms with Crippen LogP contribution in [0.25, 0.3) is 10.2 Å². The van der Waals surface area contributed by atoms with Gasteiger partial charge in [-0.15, -0.1) is 11.3 Å². The van der Waals surface area contributed by atoms with Gasteiger partial charge in [-0.3, -0.25) is 4.79 Å². The number of piperidine rings is 1. The summed E-state index contributed by atoms with van der Waals surface area (Å²) in [5.74, 6) is 2.40. The molecule has 130 valence electrons. The van der Waals surface area contributed by atoms with Gasteiger partial charge in [-0.1, -0.05) is 13.8 Å². The predicted octanol–water partition coefficient (Wildman–Crippen LogP) is 3.38. The molecule has 4 rings (SSSR count). The second-order valence-corrected chi connectivity index (χ2v) is 8.94. The van der Waals surface area contributed by atoms with Gasteiger partial charge in [0.1, 0.15) is 10.7 Å². The number of nitrogens with one attached hydrogen (secondary N) is 1. The maximum atomic E-state index is 12.6. The SMILES string of the molecule is C[C@@H]1C[C@H](C)CN(CCc2nc3sc4c(c3c(=O)[nH]2)CCCC4)C1. The van der Waals surface area contributed by atoms with Crippen LogP contribution in [0.5, 0.6) is 0 Å². The van der Waals surface area contributed by atoms with Crippen LogP contribution in [-0.2, 0) is 19.3 Å². The number of aromatic amines is 1. The van der Waals surface area contributed by atoms with Crippen LogP contribution in [-0.4, -0.2) is 34.5 Å². The van der Waals surface area contributed by atoms with Crippen LogP contribution >= 0.6 is 11.3 Å². The molecule has 0 bridgehead atoms. The fraction of sp³-hybridized carbons (Fsp3) is 0.684. The van der Waals surface area contributed by atoms with E-state index in [-0.39, 0.29) is 5.56 Å². The first kappa shape index (κ1) is 16.3. The van der Waals surface area contributed by atoms with E-state index in [1.54, 1.807) is 11.3 Å². The third kappa shape index (κ3) is 3.16. The van der Waals surface area contributed by atoms with E-state index in [1.807, 2.05) is 0 Å². The molecular formula is C19H27N3OS. The Bertz CT molecular complexity index is 784. The molecule has 2 aliphatic rings. The molecule has 4 nitrogen and oxygen atoms in total. The van der Waals surface area contributed by atoms with Gasteiger partial charge in [0.2, 0.25) is 0 Å². The molecule has 0 spiro atoms. The normalized spacial score (nSPS) is 25.1. The molecule has 0 unspecified atom stereocenters. The Hall–Kier alpha value is -1.20. The number of likely N-dealkylation sites (tertiary alicyclic amines) is 1. The van der Waals surface area contributed by atoms with E-state index in [0.29, 0.717) is 0 Å². The van der Waals surface area contributed by atoms with Crippen molar-refractivity contribution >= 4 is 21.6 Å². The molecule has 1 saturated heterocycles. The van der Waals surface area contributed by atoms with Crippen LogP contribution in [0.2, 0.25) is 0 Å². The van der Waals surface area contributed by atoms with Gasteiger partial charge in [0.05, 0.1) is 5.39 Å². The van der Waals surface area contributed by atoms with Crippen LogP contribution in [0.15, 0.2) is 4.79 Å². The number of nitrogens with zero attached hydrogens (tertiary/aromatic N) is 2. The highest BCUT2D eigenvalue weighted by atomic mass is 32.1. The van der Waals surface area contributed by atoms with Gasteiger partial charge >= 0.3 is 0 Å². The zero-order valence-electron chi connectivity index (χ0n) is 14.7. The maximum absolute atomic E-state index is 12.6. The third-order valence-corrected chi connectivity index (χ3v) is 6.67. The Morgan fingerprint density at radius 2 is 1.96 bits per heavy atom. The van der Waals surface area contributed by atoms with Crippen LogP contribution in [0, 0.1) is 11.8 Å². The van der Waals surface area contributed by atoms with Crippen LogP contribution in [0.4, 0.5) is 0 Å². The summed E-state index contributed by atoms with van der Waals surface area (Å²) in [6.07, 6.45) is 6.78. The Kier molecular flexibility index (Phi) is 4.48. The number of aromatic nitrogens is 2. The number of hydrogen-bond acceptors (Lipinski definition) is 4. The standard InChI is InChI=1S/C19H27N3OS/c1-12-9-13(2)11-22(10-12)8-7-16-20-18(23)17-14-5-3-4-6-15(14)24-19(17)21-16/h12-13H,3-11H2,1-2H3,(H,20,21,23)/t12-,13+. The van der Waals surface area contributed by atoms with Gasteiger partial charge in [-0.2, -0.15) is 0 Å². The smallest absolute Gasteiger partial charge is 0.259 e. The number of thiophene rings is 1. The predicted molar refractivity (Wildman–Crippen MR) is 100.0 cm³/mol. The average molecular weight is 346 g/mol. The molecule has 2 aromatic rings. The molecule has 5 heteroatoms. The molecule has 1 aliphatic heterocycles. The molecule has 1 N–H and O–H groups in total. The fourth-order valence-corrected chi connectivity index (χ4v) is 5.85. The third-order valence-electron chi connectivity index (χ3n) is 5.48. The highest BCUT2D eigenvalue weighted by Crippen LogP contribution is 2.33. The molecule has 0 radical (unpaired) electrons. The lowest BCUT2D eigenvalue weighted by Crippen LogP contribution is -2.40. The summed E-state index contributed by atoms with van der Waals surface area (Å²) in [6.45, 7) is 8.01. The van der Waals surface area contributed by atoms with Crippen LogP contribution in [0.3, 0.4) is 0 Å². The molecule has 2 aromatic heterocycles. The van der Waals surface area contributed by atoms with Gasteiger partial charge in [-0.05, 0) is 49.5 Å². The average Bonchev–Trinajstić information content (AvgIpc) is 2.91. The molecule has 1 aliphatic carbocycles. The number of H-pyrrole nitrogens is 1. The van der Waals surface area contributed by atoms with E-state index in [0.717, 1.165) is 53.7 Å².